The van der Waals surface area contributed by atoms with E-state index in [1.165, 1.54) is 0 Å². The van der Waals surface area contributed by atoms with Gasteiger partial charge in [-0.25, -0.2) is 14.6 Å². The van der Waals surface area contributed by atoms with Gasteiger partial charge in [-0.15, -0.1) is 11.3 Å². The summed E-state index contributed by atoms with van der Waals surface area (Å²) in [6, 6.07) is -1.56. The number of rotatable bonds is 8. The summed E-state index contributed by atoms with van der Waals surface area (Å²) in [5.74, 6) is -1.01. The maximum absolute atomic E-state index is 11.9. The number of thiazole rings is 1. The normalized spacial score (nSPS) is 13.5. The van der Waals surface area contributed by atoms with Gasteiger partial charge in [-0.2, -0.15) is 0 Å². The van der Waals surface area contributed by atoms with Crippen LogP contribution in [0.5, 0.6) is 0 Å². The second-order valence-corrected chi connectivity index (χ2v) is 6.04. The molecule has 2 atom stereocenters. The summed E-state index contributed by atoms with van der Waals surface area (Å²) in [5, 5.41) is 15.1. The van der Waals surface area contributed by atoms with Crippen LogP contribution >= 0.6 is 11.3 Å². The highest BCUT2D eigenvalue weighted by Crippen LogP contribution is 2.20. The van der Waals surface area contributed by atoms with Gasteiger partial charge in [0.15, 0.2) is 0 Å². The predicted octanol–water partition coefficient (Wildman–Crippen LogP) is 2.71. The third-order valence-electron chi connectivity index (χ3n) is 3.09. The lowest BCUT2D eigenvalue weighted by Gasteiger charge is -2.17. The summed E-state index contributed by atoms with van der Waals surface area (Å²) >= 11 is 1.55. The number of aliphatic carboxylic acids is 1. The maximum atomic E-state index is 11.9. The summed E-state index contributed by atoms with van der Waals surface area (Å²) in [6.45, 7) is 5.86. The van der Waals surface area contributed by atoms with Gasteiger partial charge in [0.1, 0.15) is 11.0 Å². The molecule has 118 valence electrons. The highest BCUT2D eigenvalue weighted by atomic mass is 32.1. The first-order chi connectivity index (χ1) is 9.97. The zero-order chi connectivity index (χ0) is 15.8. The third-order valence-corrected chi connectivity index (χ3v) is 4.41. The van der Waals surface area contributed by atoms with Crippen molar-refractivity contribution in [2.24, 2.45) is 0 Å². The Bertz CT molecular complexity index is 476. The average molecular weight is 313 g/mol. The number of amides is 2. The molecule has 7 heteroatoms. The molecule has 0 saturated carbocycles. The van der Waals surface area contributed by atoms with E-state index in [1.54, 1.807) is 17.5 Å². The van der Waals surface area contributed by atoms with Crippen LogP contribution < -0.4 is 10.6 Å². The third kappa shape index (κ3) is 5.71. The Morgan fingerprint density at radius 1 is 1.38 bits per heavy atom. The van der Waals surface area contributed by atoms with E-state index in [0.717, 1.165) is 29.1 Å². The van der Waals surface area contributed by atoms with Crippen LogP contribution in [-0.2, 0) is 11.2 Å². The van der Waals surface area contributed by atoms with Crippen molar-refractivity contribution in [1.29, 1.82) is 0 Å². The fourth-order valence-electron chi connectivity index (χ4n) is 1.81. The van der Waals surface area contributed by atoms with Gasteiger partial charge in [-0.3, -0.25) is 0 Å². The van der Waals surface area contributed by atoms with Crippen molar-refractivity contribution in [3.63, 3.8) is 0 Å². The summed E-state index contributed by atoms with van der Waals surface area (Å²) < 4.78 is 0. The number of urea groups is 1. The van der Waals surface area contributed by atoms with E-state index in [9.17, 15) is 9.59 Å². The first-order valence-corrected chi connectivity index (χ1v) is 8.04. The highest BCUT2D eigenvalue weighted by Gasteiger charge is 2.20. The zero-order valence-electron chi connectivity index (χ0n) is 12.7. The van der Waals surface area contributed by atoms with Crippen LogP contribution in [0.1, 0.15) is 56.0 Å². The molecule has 0 bridgehead atoms. The van der Waals surface area contributed by atoms with Crippen molar-refractivity contribution in [2.45, 2.75) is 58.5 Å². The standard InChI is InChI=1S/C14H23N3O3S/c1-4-6-7-11(13(18)19)17-14(20)16-9(3)12-15-8-10(5-2)21-12/h8-9,11H,4-7H2,1-3H3,(H,18,19)(H2,16,17,20)/t9?,11-/m0/s1. The van der Waals surface area contributed by atoms with Crippen molar-refractivity contribution in [2.75, 3.05) is 0 Å². The minimum atomic E-state index is -1.01. The lowest BCUT2D eigenvalue weighted by atomic mass is 10.1. The highest BCUT2D eigenvalue weighted by molar-refractivity contribution is 7.11. The van der Waals surface area contributed by atoms with Crippen LogP contribution in [0, 0.1) is 0 Å². The molecule has 6 nitrogen and oxygen atoms in total. The Balaban J connectivity index is 2.52. The summed E-state index contributed by atoms with van der Waals surface area (Å²) in [4.78, 5) is 28.4. The van der Waals surface area contributed by atoms with E-state index < -0.39 is 18.0 Å². The first-order valence-electron chi connectivity index (χ1n) is 7.22. The number of carbonyl (C=O) groups excluding carboxylic acids is 1. The molecule has 0 aliphatic heterocycles. The number of unbranched alkanes of at least 4 members (excludes halogenated alkanes) is 1. The minimum absolute atomic E-state index is 0.240. The van der Waals surface area contributed by atoms with Crippen LogP contribution in [0.15, 0.2) is 6.20 Å². The first kappa shape index (κ1) is 17.4. The molecule has 0 aliphatic carbocycles. The van der Waals surface area contributed by atoms with Crippen molar-refractivity contribution in [3.05, 3.63) is 16.1 Å². The van der Waals surface area contributed by atoms with Gasteiger partial charge >= 0.3 is 12.0 Å². The summed E-state index contributed by atoms with van der Waals surface area (Å²) in [7, 11) is 0. The van der Waals surface area contributed by atoms with E-state index >= 15 is 0 Å². The molecular formula is C14H23N3O3S. The molecule has 1 rings (SSSR count). The number of hydrogen-bond acceptors (Lipinski definition) is 4. The second-order valence-electron chi connectivity index (χ2n) is 4.89. The summed E-state index contributed by atoms with van der Waals surface area (Å²) in [6.07, 6.45) is 4.80. The number of carbonyl (C=O) groups is 2. The Kier molecular flexibility index (Phi) is 7.14. The average Bonchev–Trinajstić information content (AvgIpc) is 2.92. The monoisotopic (exact) mass is 313 g/mol. The Morgan fingerprint density at radius 2 is 2.10 bits per heavy atom. The van der Waals surface area contributed by atoms with E-state index in [2.05, 4.69) is 15.6 Å². The molecule has 0 aromatic carbocycles. The van der Waals surface area contributed by atoms with Crippen molar-refractivity contribution >= 4 is 23.3 Å². The quantitative estimate of drug-likeness (QED) is 0.688. The largest absolute Gasteiger partial charge is 0.480 e. The molecule has 1 aromatic rings. The number of aromatic nitrogens is 1. The van der Waals surface area contributed by atoms with Crippen molar-refractivity contribution < 1.29 is 14.7 Å². The maximum Gasteiger partial charge on any atom is 0.326 e. The Morgan fingerprint density at radius 3 is 2.62 bits per heavy atom. The molecule has 3 N–H and O–H groups in total. The van der Waals surface area contributed by atoms with Gasteiger partial charge in [-0.05, 0) is 19.8 Å². The van der Waals surface area contributed by atoms with Crippen LogP contribution in [0.2, 0.25) is 0 Å². The molecule has 2 amide bonds. The minimum Gasteiger partial charge on any atom is -0.480 e. The molecule has 0 radical (unpaired) electrons. The molecular weight excluding hydrogens is 290 g/mol. The van der Waals surface area contributed by atoms with E-state index in [1.807, 2.05) is 20.8 Å². The van der Waals surface area contributed by atoms with Gasteiger partial charge < -0.3 is 15.7 Å². The van der Waals surface area contributed by atoms with Crippen molar-refractivity contribution in [3.8, 4) is 0 Å². The molecule has 1 heterocycles. The molecule has 21 heavy (non-hydrogen) atoms. The smallest absolute Gasteiger partial charge is 0.326 e. The fraction of sp³-hybridized carbons (Fsp3) is 0.643. The van der Waals surface area contributed by atoms with E-state index in [-0.39, 0.29) is 6.04 Å². The number of carboxylic acid groups (broad SMARTS) is 1. The number of hydrogen-bond donors (Lipinski definition) is 3. The van der Waals surface area contributed by atoms with E-state index in [0.29, 0.717) is 6.42 Å². The van der Waals surface area contributed by atoms with Gasteiger partial charge in [0.2, 0.25) is 0 Å². The van der Waals surface area contributed by atoms with Gasteiger partial charge in [-0.1, -0.05) is 26.7 Å². The molecule has 0 fully saturated rings. The number of carboxylic acids is 1. The van der Waals surface area contributed by atoms with E-state index in [4.69, 9.17) is 5.11 Å². The van der Waals surface area contributed by atoms with Gasteiger partial charge in [0.05, 0.1) is 6.04 Å². The zero-order valence-corrected chi connectivity index (χ0v) is 13.5. The van der Waals surface area contributed by atoms with Crippen molar-refractivity contribution in [1.82, 2.24) is 15.6 Å². The summed E-state index contributed by atoms with van der Waals surface area (Å²) in [5.41, 5.74) is 0. The van der Waals surface area contributed by atoms with Gasteiger partial charge in [0.25, 0.3) is 0 Å². The van der Waals surface area contributed by atoms with Crippen LogP contribution in [-0.4, -0.2) is 28.1 Å². The molecule has 0 aliphatic rings. The lowest BCUT2D eigenvalue weighted by Crippen LogP contribution is -2.46. The molecule has 1 unspecified atom stereocenters. The van der Waals surface area contributed by atoms with Crippen LogP contribution in [0.4, 0.5) is 4.79 Å². The molecule has 0 spiro atoms. The SMILES string of the molecule is CCCC[C@H](NC(=O)NC(C)c1ncc(CC)s1)C(=O)O. The fourth-order valence-corrected chi connectivity index (χ4v) is 2.67. The van der Waals surface area contributed by atoms with Crippen LogP contribution in [0.25, 0.3) is 0 Å². The molecule has 0 saturated heterocycles. The number of nitrogens with zero attached hydrogens (tertiary/aromatic N) is 1. The Labute approximate surface area is 129 Å². The number of aryl methyl sites for hydroxylation is 1. The second kappa shape index (κ2) is 8.61. The van der Waals surface area contributed by atoms with Gasteiger partial charge in [0, 0.05) is 11.1 Å². The lowest BCUT2D eigenvalue weighted by molar-refractivity contribution is -0.139. The van der Waals surface area contributed by atoms with Crippen LogP contribution in [0.3, 0.4) is 0 Å². The Hall–Kier alpha value is -1.63. The molecule has 1 aromatic heterocycles. The topological polar surface area (TPSA) is 91.3 Å². The number of nitrogens with one attached hydrogen (secondary N) is 2. The predicted molar refractivity (Wildman–Crippen MR) is 82.5 cm³/mol.